The van der Waals surface area contributed by atoms with Crippen molar-refractivity contribution in [2.45, 2.75) is 38.5 Å². The zero-order valence-corrected chi connectivity index (χ0v) is 7.54. The Morgan fingerprint density at radius 3 is 2.75 bits per heavy atom. The van der Waals surface area contributed by atoms with Crippen molar-refractivity contribution in [2.75, 3.05) is 0 Å². The molecule has 1 rings (SSSR count). The fourth-order valence-electron chi connectivity index (χ4n) is 1.48. The Labute approximate surface area is 72.8 Å². The number of rotatable bonds is 2. The molecule has 68 valence electrons. The molecule has 1 aliphatic heterocycles. The minimum atomic E-state index is -0.121. The van der Waals surface area contributed by atoms with E-state index < -0.39 is 0 Å². The van der Waals surface area contributed by atoms with E-state index in [1.807, 2.05) is 13.8 Å². The van der Waals surface area contributed by atoms with Crippen molar-refractivity contribution >= 4 is 5.91 Å². The standard InChI is InChI=1S/C9H15NO2/c1-4-9(11)10-8-5-6(2)12-7(8)3/h4,6-8H,1,5H2,2-3H3,(H,10,11). The van der Waals surface area contributed by atoms with Gasteiger partial charge in [0.15, 0.2) is 0 Å². The monoisotopic (exact) mass is 169 g/mol. The number of hydrogen-bond donors (Lipinski definition) is 1. The minimum absolute atomic E-state index is 0.115. The van der Waals surface area contributed by atoms with E-state index in [1.165, 1.54) is 6.08 Å². The fraction of sp³-hybridized carbons (Fsp3) is 0.667. The lowest BCUT2D eigenvalue weighted by Crippen LogP contribution is -2.38. The first-order valence-electron chi connectivity index (χ1n) is 4.22. The van der Waals surface area contributed by atoms with Crippen molar-refractivity contribution in [2.24, 2.45) is 0 Å². The highest BCUT2D eigenvalue weighted by molar-refractivity contribution is 5.87. The largest absolute Gasteiger partial charge is 0.373 e. The molecule has 0 aromatic heterocycles. The van der Waals surface area contributed by atoms with Gasteiger partial charge in [0, 0.05) is 0 Å². The quantitative estimate of drug-likeness (QED) is 0.622. The van der Waals surface area contributed by atoms with Crippen molar-refractivity contribution in [3.63, 3.8) is 0 Å². The second-order valence-electron chi connectivity index (χ2n) is 3.21. The van der Waals surface area contributed by atoms with Crippen molar-refractivity contribution < 1.29 is 9.53 Å². The molecular formula is C9H15NO2. The van der Waals surface area contributed by atoms with E-state index in [-0.39, 0.29) is 24.2 Å². The second kappa shape index (κ2) is 3.72. The molecule has 0 bridgehead atoms. The topological polar surface area (TPSA) is 38.3 Å². The molecule has 1 N–H and O–H groups in total. The van der Waals surface area contributed by atoms with Crippen molar-refractivity contribution in [3.8, 4) is 0 Å². The van der Waals surface area contributed by atoms with Crippen LogP contribution < -0.4 is 5.32 Å². The predicted octanol–water partition coefficient (Wildman–Crippen LogP) is 0.854. The van der Waals surface area contributed by atoms with E-state index in [0.29, 0.717) is 0 Å². The van der Waals surface area contributed by atoms with Crippen molar-refractivity contribution in [1.29, 1.82) is 0 Å². The van der Waals surface area contributed by atoms with Crippen molar-refractivity contribution in [3.05, 3.63) is 12.7 Å². The molecule has 0 saturated carbocycles. The SMILES string of the molecule is C=CC(=O)NC1CC(C)OC1C. The lowest BCUT2D eigenvalue weighted by Gasteiger charge is -2.13. The summed E-state index contributed by atoms with van der Waals surface area (Å²) >= 11 is 0. The lowest BCUT2D eigenvalue weighted by molar-refractivity contribution is -0.117. The summed E-state index contributed by atoms with van der Waals surface area (Å²) in [6, 6.07) is 0.144. The molecule has 3 unspecified atom stereocenters. The van der Waals surface area contributed by atoms with Crippen LogP contribution in [0.5, 0.6) is 0 Å². The van der Waals surface area contributed by atoms with Gasteiger partial charge < -0.3 is 10.1 Å². The zero-order chi connectivity index (χ0) is 9.14. The van der Waals surface area contributed by atoms with Crippen LogP contribution in [0.1, 0.15) is 20.3 Å². The van der Waals surface area contributed by atoms with Crippen LogP contribution in [0.4, 0.5) is 0 Å². The molecule has 1 heterocycles. The summed E-state index contributed by atoms with van der Waals surface area (Å²) in [6.07, 6.45) is 2.54. The Balaban J connectivity index is 2.42. The average molecular weight is 169 g/mol. The average Bonchev–Trinajstić information content (AvgIpc) is 2.30. The molecule has 0 aliphatic carbocycles. The van der Waals surface area contributed by atoms with Crippen LogP contribution in [0.2, 0.25) is 0 Å². The third kappa shape index (κ3) is 2.08. The summed E-state index contributed by atoms with van der Waals surface area (Å²) in [5.41, 5.74) is 0. The molecule has 1 saturated heterocycles. The van der Waals surface area contributed by atoms with Crippen LogP contribution in [0.3, 0.4) is 0 Å². The van der Waals surface area contributed by atoms with Gasteiger partial charge >= 0.3 is 0 Å². The van der Waals surface area contributed by atoms with Gasteiger partial charge in [-0.2, -0.15) is 0 Å². The summed E-state index contributed by atoms with van der Waals surface area (Å²) in [5.74, 6) is -0.121. The number of amides is 1. The normalized spacial score (nSPS) is 34.7. The molecule has 0 aromatic rings. The third-order valence-electron chi connectivity index (χ3n) is 2.11. The lowest BCUT2D eigenvalue weighted by atomic mass is 10.1. The first-order chi connectivity index (χ1) is 5.63. The van der Waals surface area contributed by atoms with Crippen LogP contribution >= 0.6 is 0 Å². The summed E-state index contributed by atoms with van der Waals surface area (Å²) < 4.78 is 5.47. The van der Waals surface area contributed by atoms with Gasteiger partial charge in [0.2, 0.25) is 5.91 Å². The third-order valence-corrected chi connectivity index (χ3v) is 2.11. The first kappa shape index (κ1) is 9.26. The number of carbonyl (C=O) groups is 1. The summed E-state index contributed by atoms with van der Waals surface area (Å²) in [7, 11) is 0. The Hall–Kier alpha value is -0.830. The van der Waals surface area contributed by atoms with E-state index in [9.17, 15) is 4.79 Å². The highest BCUT2D eigenvalue weighted by Crippen LogP contribution is 2.19. The zero-order valence-electron chi connectivity index (χ0n) is 7.54. The maximum atomic E-state index is 10.9. The van der Waals surface area contributed by atoms with E-state index in [0.717, 1.165) is 6.42 Å². The van der Waals surface area contributed by atoms with Gasteiger partial charge in [-0.3, -0.25) is 4.79 Å². The van der Waals surface area contributed by atoms with E-state index in [4.69, 9.17) is 4.74 Å². The molecule has 0 aromatic carbocycles. The molecule has 1 aliphatic rings. The Morgan fingerprint density at radius 1 is 1.67 bits per heavy atom. The number of nitrogens with one attached hydrogen (secondary N) is 1. The van der Waals surface area contributed by atoms with Gasteiger partial charge in [-0.15, -0.1) is 0 Å². The fourth-order valence-corrected chi connectivity index (χ4v) is 1.48. The van der Waals surface area contributed by atoms with Crippen LogP contribution in [0.25, 0.3) is 0 Å². The van der Waals surface area contributed by atoms with Gasteiger partial charge in [-0.05, 0) is 26.3 Å². The molecule has 3 atom stereocenters. The predicted molar refractivity (Wildman–Crippen MR) is 46.8 cm³/mol. The van der Waals surface area contributed by atoms with Gasteiger partial charge in [-0.1, -0.05) is 6.58 Å². The van der Waals surface area contributed by atoms with E-state index in [1.54, 1.807) is 0 Å². The van der Waals surface area contributed by atoms with E-state index in [2.05, 4.69) is 11.9 Å². The van der Waals surface area contributed by atoms with Crippen LogP contribution in [0, 0.1) is 0 Å². The molecule has 1 amide bonds. The Kier molecular flexibility index (Phi) is 2.87. The van der Waals surface area contributed by atoms with E-state index >= 15 is 0 Å². The molecule has 0 spiro atoms. The van der Waals surface area contributed by atoms with Gasteiger partial charge in [0.05, 0.1) is 18.2 Å². The Morgan fingerprint density at radius 2 is 2.33 bits per heavy atom. The maximum Gasteiger partial charge on any atom is 0.243 e. The molecule has 3 nitrogen and oxygen atoms in total. The first-order valence-corrected chi connectivity index (χ1v) is 4.22. The van der Waals surface area contributed by atoms with Gasteiger partial charge in [0.1, 0.15) is 0 Å². The second-order valence-corrected chi connectivity index (χ2v) is 3.21. The van der Waals surface area contributed by atoms with Crippen LogP contribution in [-0.4, -0.2) is 24.2 Å². The maximum absolute atomic E-state index is 10.9. The summed E-state index contributed by atoms with van der Waals surface area (Å²) in [6.45, 7) is 7.37. The molecular weight excluding hydrogens is 154 g/mol. The Bertz CT molecular complexity index is 191. The van der Waals surface area contributed by atoms with Crippen LogP contribution in [-0.2, 0) is 9.53 Å². The number of hydrogen-bond acceptors (Lipinski definition) is 2. The highest BCUT2D eigenvalue weighted by Gasteiger charge is 2.29. The smallest absolute Gasteiger partial charge is 0.243 e. The summed E-state index contributed by atoms with van der Waals surface area (Å²) in [5, 5.41) is 2.83. The molecule has 1 fully saturated rings. The van der Waals surface area contributed by atoms with Gasteiger partial charge in [-0.25, -0.2) is 0 Å². The number of carbonyl (C=O) groups excluding carboxylic acids is 1. The number of ether oxygens (including phenoxy) is 1. The van der Waals surface area contributed by atoms with Gasteiger partial charge in [0.25, 0.3) is 0 Å². The highest BCUT2D eigenvalue weighted by atomic mass is 16.5. The molecule has 3 heteroatoms. The van der Waals surface area contributed by atoms with Crippen LogP contribution in [0.15, 0.2) is 12.7 Å². The molecule has 12 heavy (non-hydrogen) atoms. The minimum Gasteiger partial charge on any atom is -0.373 e. The molecule has 0 radical (unpaired) electrons. The summed E-state index contributed by atoms with van der Waals surface area (Å²) in [4.78, 5) is 10.9. The van der Waals surface area contributed by atoms with Crippen molar-refractivity contribution in [1.82, 2.24) is 5.32 Å².